The number of hydrogen-bond donors (Lipinski definition) is 3. The summed E-state index contributed by atoms with van der Waals surface area (Å²) in [6.07, 6.45) is 0.488. The van der Waals surface area contributed by atoms with Crippen molar-refractivity contribution in [1.29, 1.82) is 0 Å². The Kier molecular flexibility index (Phi) is 2.70. The van der Waals surface area contributed by atoms with Crippen LogP contribution in [0, 0.1) is 0 Å². The molecular weight excluding hydrogens is 228 g/mol. The van der Waals surface area contributed by atoms with E-state index >= 15 is 0 Å². The van der Waals surface area contributed by atoms with Crippen LogP contribution in [0.4, 0.5) is 5.82 Å². The summed E-state index contributed by atoms with van der Waals surface area (Å²) in [7, 11) is 0. The number of nitrogens with zero attached hydrogens (tertiary/aromatic N) is 5. The molecule has 0 aliphatic rings. The van der Waals surface area contributed by atoms with Crippen molar-refractivity contribution in [2.75, 3.05) is 5.73 Å². The Balaban J connectivity index is 2.53. The smallest absolute Gasteiger partial charge is 0.287 e. The van der Waals surface area contributed by atoms with Crippen LogP contribution in [0.2, 0.25) is 0 Å². The molecule has 0 aromatic carbocycles. The van der Waals surface area contributed by atoms with Crippen molar-refractivity contribution in [1.82, 2.24) is 30.7 Å². The van der Waals surface area contributed by atoms with Crippen LogP contribution in [-0.4, -0.2) is 31.2 Å². The molecule has 90 valence electrons. The molecule has 0 radical (unpaired) electrons. The van der Waals surface area contributed by atoms with Gasteiger partial charge in [0, 0.05) is 0 Å². The van der Waals surface area contributed by atoms with Gasteiger partial charge in [-0.15, -0.1) is 5.10 Å². The summed E-state index contributed by atoms with van der Waals surface area (Å²) in [5.41, 5.74) is 8.13. The van der Waals surface area contributed by atoms with Gasteiger partial charge in [-0.2, -0.15) is 4.68 Å². The van der Waals surface area contributed by atoms with Gasteiger partial charge in [0.1, 0.15) is 0 Å². The summed E-state index contributed by atoms with van der Waals surface area (Å²) < 4.78 is 5.74. The van der Waals surface area contributed by atoms with Gasteiger partial charge in [-0.05, 0) is 16.7 Å². The van der Waals surface area contributed by atoms with E-state index in [4.69, 9.17) is 11.6 Å². The van der Waals surface area contributed by atoms with Crippen molar-refractivity contribution in [2.24, 2.45) is 5.84 Å². The molecule has 0 saturated carbocycles. The molecule has 1 amide bonds. The maximum Gasteiger partial charge on any atom is 0.287 e. The first-order valence-corrected chi connectivity index (χ1v) is 4.73. The first-order chi connectivity index (χ1) is 8.19. The Morgan fingerprint density at radius 2 is 2.29 bits per heavy atom. The average molecular weight is 238 g/mol. The van der Waals surface area contributed by atoms with E-state index in [1.54, 1.807) is 0 Å². The van der Waals surface area contributed by atoms with E-state index in [0.717, 1.165) is 0 Å². The van der Waals surface area contributed by atoms with Gasteiger partial charge in [-0.1, -0.05) is 12.1 Å². The number of hydrogen-bond acceptors (Lipinski definition) is 8. The highest BCUT2D eigenvalue weighted by atomic mass is 16.6. The zero-order chi connectivity index (χ0) is 12.4. The molecule has 2 heterocycles. The van der Waals surface area contributed by atoms with Gasteiger partial charge in [0.25, 0.3) is 5.91 Å². The third kappa shape index (κ3) is 1.69. The van der Waals surface area contributed by atoms with Crippen LogP contribution in [0.15, 0.2) is 4.63 Å². The minimum absolute atomic E-state index is 0.0595. The van der Waals surface area contributed by atoms with Crippen LogP contribution in [0.25, 0.3) is 5.82 Å². The number of nitrogens with one attached hydrogen (secondary N) is 1. The SMILES string of the molecule is CCc1c(C(=O)NN)nnn1-c1nonc1N. The zero-order valence-electron chi connectivity index (χ0n) is 8.91. The molecule has 2 rings (SSSR count). The molecule has 0 atom stereocenters. The van der Waals surface area contributed by atoms with Crippen LogP contribution in [0.1, 0.15) is 23.1 Å². The Labute approximate surface area is 94.9 Å². The van der Waals surface area contributed by atoms with E-state index in [9.17, 15) is 4.79 Å². The molecule has 2 aromatic rings. The summed E-state index contributed by atoms with van der Waals surface area (Å²) in [6.45, 7) is 1.83. The molecule has 0 saturated heterocycles. The van der Waals surface area contributed by atoms with Gasteiger partial charge in [0.05, 0.1) is 5.69 Å². The summed E-state index contributed by atoms with van der Waals surface area (Å²) in [5.74, 6) is 4.74. The lowest BCUT2D eigenvalue weighted by molar-refractivity contribution is 0.0947. The second kappa shape index (κ2) is 4.17. The van der Waals surface area contributed by atoms with Crippen molar-refractivity contribution < 1.29 is 9.42 Å². The topological polar surface area (TPSA) is 151 Å². The number of nitrogens with two attached hydrogens (primary N) is 2. The Bertz CT molecular complexity index is 544. The molecule has 0 unspecified atom stereocenters. The van der Waals surface area contributed by atoms with Gasteiger partial charge in [-0.3, -0.25) is 10.2 Å². The monoisotopic (exact) mass is 238 g/mol. The summed E-state index contributed by atoms with van der Waals surface area (Å²) in [6, 6.07) is 0. The average Bonchev–Trinajstić information content (AvgIpc) is 2.93. The van der Waals surface area contributed by atoms with Crippen LogP contribution >= 0.6 is 0 Å². The molecule has 2 aromatic heterocycles. The minimum atomic E-state index is -0.539. The predicted molar refractivity (Wildman–Crippen MR) is 54.7 cm³/mol. The molecule has 10 nitrogen and oxygen atoms in total. The second-order valence-electron chi connectivity index (χ2n) is 3.10. The number of nitrogen functional groups attached to an aromatic ring is 2. The van der Waals surface area contributed by atoms with E-state index in [-0.39, 0.29) is 17.3 Å². The van der Waals surface area contributed by atoms with Crippen LogP contribution in [-0.2, 0) is 6.42 Å². The number of aromatic nitrogens is 5. The van der Waals surface area contributed by atoms with E-state index in [1.807, 2.05) is 12.3 Å². The number of carbonyl (C=O) groups is 1. The first kappa shape index (κ1) is 11.0. The maximum atomic E-state index is 11.4. The summed E-state index contributed by atoms with van der Waals surface area (Å²) in [5, 5.41) is 14.5. The Morgan fingerprint density at radius 3 is 2.82 bits per heavy atom. The number of hydrazine groups is 1. The molecule has 0 aliphatic heterocycles. The third-order valence-corrected chi connectivity index (χ3v) is 2.14. The van der Waals surface area contributed by atoms with Crippen molar-refractivity contribution in [3.8, 4) is 5.82 Å². The number of rotatable bonds is 3. The van der Waals surface area contributed by atoms with Gasteiger partial charge in [-0.25, -0.2) is 10.5 Å². The fraction of sp³-hybridized carbons (Fsp3) is 0.286. The normalized spacial score (nSPS) is 10.5. The van der Waals surface area contributed by atoms with E-state index < -0.39 is 5.91 Å². The first-order valence-electron chi connectivity index (χ1n) is 4.73. The van der Waals surface area contributed by atoms with Crippen LogP contribution in [0.3, 0.4) is 0 Å². The zero-order valence-corrected chi connectivity index (χ0v) is 8.91. The lowest BCUT2D eigenvalue weighted by Crippen LogP contribution is -2.31. The molecule has 5 N–H and O–H groups in total. The molecule has 0 aliphatic carbocycles. The maximum absolute atomic E-state index is 11.4. The van der Waals surface area contributed by atoms with E-state index in [1.165, 1.54) is 4.68 Å². The van der Waals surface area contributed by atoms with Crippen molar-refractivity contribution >= 4 is 11.7 Å². The van der Waals surface area contributed by atoms with E-state index in [2.05, 4.69) is 25.3 Å². The predicted octanol–water partition coefficient (Wildman–Crippen LogP) is -1.60. The lowest BCUT2D eigenvalue weighted by atomic mass is 10.2. The van der Waals surface area contributed by atoms with Crippen LogP contribution < -0.4 is 17.0 Å². The number of carbonyl (C=O) groups excluding carboxylic acids is 1. The fourth-order valence-electron chi connectivity index (χ4n) is 1.37. The second-order valence-corrected chi connectivity index (χ2v) is 3.10. The summed E-state index contributed by atoms with van der Waals surface area (Å²) in [4.78, 5) is 11.4. The van der Waals surface area contributed by atoms with Gasteiger partial charge in [0.15, 0.2) is 5.69 Å². The third-order valence-electron chi connectivity index (χ3n) is 2.14. The van der Waals surface area contributed by atoms with Crippen molar-refractivity contribution in [2.45, 2.75) is 13.3 Å². The largest absolute Gasteiger partial charge is 0.378 e. The molecule has 17 heavy (non-hydrogen) atoms. The standard InChI is InChI=1S/C7H10N8O2/c1-2-3-4(7(16)10-9)11-14-15(3)6-5(8)12-17-13-6/h2,9H2,1H3,(H2,8,12)(H,10,16). The molecule has 0 spiro atoms. The number of amides is 1. The number of anilines is 1. The van der Waals surface area contributed by atoms with Crippen molar-refractivity contribution in [3.63, 3.8) is 0 Å². The van der Waals surface area contributed by atoms with Gasteiger partial charge < -0.3 is 5.73 Å². The molecule has 10 heteroatoms. The Hall–Kier alpha value is -2.49. The lowest BCUT2D eigenvalue weighted by Gasteiger charge is -2.01. The Morgan fingerprint density at radius 1 is 1.53 bits per heavy atom. The summed E-state index contributed by atoms with van der Waals surface area (Å²) >= 11 is 0. The van der Waals surface area contributed by atoms with Gasteiger partial charge in [0.2, 0.25) is 11.6 Å². The highest BCUT2D eigenvalue weighted by Crippen LogP contribution is 2.15. The van der Waals surface area contributed by atoms with E-state index in [0.29, 0.717) is 12.1 Å². The quantitative estimate of drug-likeness (QED) is 0.328. The van der Waals surface area contributed by atoms with Crippen molar-refractivity contribution in [3.05, 3.63) is 11.4 Å². The van der Waals surface area contributed by atoms with Gasteiger partial charge >= 0.3 is 0 Å². The molecule has 0 fully saturated rings. The fourth-order valence-corrected chi connectivity index (χ4v) is 1.37. The van der Waals surface area contributed by atoms with Crippen LogP contribution in [0.5, 0.6) is 0 Å². The molecular formula is C7H10N8O2. The highest BCUT2D eigenvalue weighted by molar-refractivity contribution is 5.92. The highest BCUT2D eigenvalue weighted by Gasteiger charge is 2.21. The minimum Gasteiger partial charge on any atom is -0.378 e. The molecule has 0 bridgehead atoms.